The number of allylic oxidation sites excluding steroid dienone is 2. The fourth-order valence-electron chi connectivity index (χ4n) is 3.80. The van der Waals surface area contributed by atoms with E-state index in [9.17, 15) is 5.11 Å². The molecule has 2 rings (SSSR count). The van der Waals surface area contributed by atoms with E-state index in [4.69, 9.17) is 14.2 Å². The summed E-state index contributed by atoms with van der Waals surface area (Å²) < 4.78 is 16.7. The molecule has 1 unspecified atom stereocenters. The zero-order valence-electron chi connectivity index (χ0n) is 17.9. The first-order valence-electron chi connectivity index (χ1n) is 10.2. The summed E-state index contributed by atoms with van der Waals surface area (Å²) in [5.41, 5.74) is 3.44. The second kappa shape index (κ2) is 12.6. The van der Waals surface area contributed by atoms with Gasteiger partial charge >= 0.3 is 0 Å². The van der Waals surface area contributed by atoms with Crippen molar-refractivity contribution in [2.45, 2.75) is 51.9 Å². The smallest absolute Gasteiger partial charge is 0.147 e. The number of hydrogen-bond donors (Lipinski definition) is 1. The molecule has 0 amide bonds. The molecule has 0 aliphatic heterocycles. The number of methoxy groups -OCH3 is 1. The highest BCUT2D eigenvalue weighted by Crippen LogP contribution is 2.38. The van der Waals surface area contributed by atoms with Gasteiger partial charge in [0.25, 0.3) is 0 Å². The summed E-state index contributed by atoms with van der Waals surface area (Å²) in [6, 6.07) is 10.1. The largest absolute Gasteiger partial charge is 0.380 e. The molecule has 4 nitrogen and oxygen atoms in total. The molecule has 4 atom stereocenters. The Balaban J connectivity index is 1.85. The monoisotopic (exact) mass is 398 g/mol. The number of hydrogen-bond acceptors (Lipinski definition) is 4. The predicted molar refractivity (Wildman–Crippen MR) is 116 cm³/mol. The maximum atomic E-state index is 10.5. The van der Waals surface area contributed by atoms with Crippen LogP contribution in [0.2, 0.25) is 0 Å². The predicted octanol–water partition coefficient (Wildman–Crippen LogP) is 4.50. The highest BCUT2D eigenvalue weighted by Gasteiger charge is 2.35. The Bertz CT molecular complexity index is 713. The lowest BCUT2D eigenvalue weighted by atomic mass is 9.72. The fourth-order valence-corrected chi connectivity index (χ4v) is 3.80. The van der Waals surface area contributed by atoms with Crippen LogP contribution < -0.4 is 0 Å². The summed E-state index contributed by atoms with van der Waals surface area (Å²) in [6.45, 7) is 9.63. The average Bonchev–Trinajstić information content (AvgIpc) is 2.71. The first-order chi connectivity index (χ1) is 14.0. The van der Waals surface area contributed by atoms with Gasteiger partial charge in [-0.25, -0.2) is 0 Å². The Labute approximate surface area is 175 Å². The van der Waals surface area contributed by atoms with Gasteiger partial charge in [0, 0.05) is 13.5 Å². The van der Waals surface area contributed by atoms with Crippen LogP contribution in [0.4, 0.5) is 0 Å². The van der Waals surface area contributed by atoms with Crippen molar-refractivity contribution in [2.75, 3.05) is 20.5 Å². The molecule has 1 aromatic carbocycles. The van der Waals surface area contributed by atoms with Gasteiger partial charge in [-0.15, -0.1) is 0 Å². The van der Waals surface area contributed by atoms with E-state index < -0.39 is 6.10 Å². The number of aliphatic hydroxyl groups is 1. The zero-order chi connectivity index (χ0) is 21.1. The van der Waals surface area contributed by atoms with Gasteiger partial charge in [-0.1, -0.05) is 60.4 Å². The van der Waals surface area contributed by atoms with Gasteiger partial charge in [0.05, 0.1) is 19.3 Å². The molecule has 0 bridgehead atoms. The van der Waals surface area contributed by atoms with Gasteiger partial charge < -0.3 is 19.3 Å². The number of aliphatic hydroxyl groups excluding tert-OH is 1. The van der Waals surface area contributed by atoms with E-state index in [1.165, 1.54) is 5.57 Å². The van der Waals surface area contributed by atoms with Gasteiger partial charge in [-0.05, 0) is 49.7 Å². The van der Waals surface area contributed by atoms with Crippen LogP contribution in [-0.4, -0.2) is 37.8 Å². The molecule has 0 spiro atoms. The Morgan fingerprint density at radius 2 is 2.07 bits per heavy atom. The van der Waals surface area contributed by atoms with Crippen molar-refractivity contribution in [1.82, 2.24) is 0 Å². The van der Waals surface area contributed by atoms with Crippen molar-refractivity contribution >= 4 is 0 Å². The first-order valence-corrected chi connectivity index (χ1v) is 10.2. The molecule has 29 heavy (non-hydrogen) atoms. The molecular weight excluding hydrogens is 364 g/mol. The minimum absolute atomic E-state index is 0.0870. The van der Waals surface area contributed by atoms with Crippen LogP contribution in [0.3, 0.4) is 0 Å². The summed E-state index contributed by atoms with van der Waals surface area (Å²) in [7, 11) is 1.62. The Morgan fingerprint density at radius 1 is 1.31 bits per heavy atom. The summed E-state index contributed by atoms with van der Waals surface area (Å²) in [6.07, 6.45) is 3.49. The highest BCUT2D eigenvalue weighted by atomic mass is 16.7. The van der Waals surface area contributed by atoms with Crippen LogP contribution in [0, 0.1) is 23.7 Å². The Hall–Kier alpha value is -1.90. The van der Waals surface area contributed by atoms with Gasteiger partial charge in [0.2, 0.25) is 0 Å². The molecule has 158 valence electrons. The lowest BCUT2D eigenvalue weighted by molar-refractivity contribution is -0.0901. The quantitative estimate of drug-likeness (QED) is 0.273. The highest BCUT2D eigenvalue weighted by molar-refractivity contribution is 5.19. The van der Waals surface area contributed by atoms with E-state index in [1.54, 1.807) is 7.11 Å². The van der Waals surface area contributed by atoms with Crippen molar-refractivity contribution in [3.05, 3.63) is 59.7 Å². The topological polar surface area (TPSA) is 47.9 Å². The van der Waals surface area contributed by atoms with Crippen LogP contribution in [0.25, 0.3) is 0 Å². The van der Waals surface area contributed by atoms with E-state index in [-0.39, 0.29) is 24.7 Å². The molecular formula is C25H34O4. The molecule has 1 aliphatic rings. The third kappa shape index (κ3) is 7.79. The Kier molecular flexibility index (Phi) is 10.2. The summed E-state index contributed by atoms with van der Waals surface area (Å²) >= 11 is 0. The third-order valence-electron chi connectivity index (χ3n) is 5.29. The molecule has 0 saturated carbocycles. The van der Waals surface area contributed by atoms with E-state index >= 15 is 0 Å². The van der Waals surface area contributed by atoms with Crippen LogP contribution in [0.5, 0.6) is 0 Å². The standard InChI is InChI=1S/C25H34O4/c1-19(2)23-14-13-20(3)25(29-18-27-4)24(23)16-22(26)12-8-9-15-28-17-21-10-6-5-7-11-21/h5-7,10-11,13,22-26H,1,9,14-18H2,2-4H3/t22?,23-,24-,25-/m0/s1. The lowest BCUT2D eigenvalue weighted by Gasteiger charge is -2.38. The van der Waals surface area contributed by atoms with Crippen LogP contribution in [0.1, 0.15) is 38.7 Å². The Morgan fingerprint density at radius 3 is 2.76 bits per heavy atom. The molecule has 0 heterocycles. The molecule has 1 aromatic rings. The SMILES string of the molecule is C=C(C)[C@@H]1CC=C(C)[C@H](OCOC)[C@H]1CC(O)C#CCCOCc1ccccc1. The number of ether oxygens (including phenoxy) is 3. The van der Waals surface area contributed by atoms with Crippen molar-refractivity contribution < 1.29 is 19.3 Å². The van der Waals surface area contributed by atoms with Crippen molar-refractivity contribution in [3.63, 3.8) is 0 Å². The molecule has 0 aromatic heterocycles. The zero-order valence-corrected chi connectivity index (χ0v) is 17.9. The minimum atomic E-state index is -0.699. The van der Waals surface area contributed by atoms with E-state index in [1.807, 2.05) is 37.3 Å². The third-order valence-corrected chi connectivity index (χ3v) is 5.29. The van der Waals surface area contributed by atoms with E-state index in [0.29, 0.717) is 26.1 Å². The summed E-state index contributed by atoms with van der Waals surface area (Å²) in [5, 5.41) is 10.5. The van der Waals surface area contributed by atoms with Gasteiger partial charge in [0.15, 0.2) is 0 Å². The molecule has 0 radical (unpaired) electrons. The fraction of sp³-hybridized carbons (Fsp3) is 0.520. The molecule has 0 saturated heterocycles. The van der Waals surface area contributed by atoms with Crippen molar-refractivity contribution in [3.8, 4) is 11.8 Å². The maximum Gasteiger partial charge on any atom is 0.147 e. The van der Waals surface area contributed by atoms with Gasteiger partial charge in [-0.2, -0.15) is 0 Å². The normalized spacial score (nSPS) is 22.3. The van der Waals surface area contributed by atoms with Crippen LogP contribution in [0.15, 0.2) is 54.1 Å². The molecule has 0 fully saturated rings. The van der Waals surface area contributed by atoms with Crippen molar-refractivity contribution in [2.24, 2.45) is 11.8 Å². The van der Waals surface area contributed by atoms with Gasteiger partial charge in [-0.3, -0.25) is 0 Å². The van der Waals surface area contributed by atoms with Crippen LogP contribution >= 0.6 is 0 Å². The van der Waals surface area contributed by atoms with E-state index in [0.717, 1.165) is 17.6 Å². The second-order valence-electron chi connectivity index (χ2n) is 7.66. The maximum absolute atomic E-state index is 10.5. The molecule has 1 N–H and O–H groups in total. The van der Waals surface area contributed by atoms with Crippen molar-refractivity contribution in [1.29, 1.82) is 0 Å². The van der Waals surface area contributed by atoms with E-state index in [2.05, 4.69) is 31.4 Å². The molecule has 1 aliphatic carbocycles. The minimum Gasteiger partial charge on any atom is -0.380 e. The van der Waals surface area contributed by atoms with Crippen LogP contribution in [-0.2, 0) is 20.8 Å². The second-order valence-corrected chi connectivity index (χ2v) is 7.66. The first kappa shape index (κ1) is 23.4. The molecule has 4 heteroatoms. The number of rotatable bonds is 10. The average molecular weight is 399 g/mol. The summed E-state index contributed by atoms with van der Waals surface area (Å²) in [5.74, 6) is 6.42. The van der Waals surface area contributed by atoms with Gasteiger partial charge in [0.1, 0.15) is 12.9 Å². The lowest BCUT2D eigenvalue weighted by Crippen LogP contribution is -2.37. The summed E-state index contributed by atoms with van der Waals surface area (Å²) in [4.78, 5) is 0. The number of benzene rings is 1.